The van der Waals surface area contributed by atoms with E-state index in [9.17, 15) is 4.79 Å². The highest BCUT2D eigenvalue weighted by Crippen LogP contribution is 2.10. The maximum atomic E-state index is 12.0. The summed E-state index contributed by atoms with van der Waals surface area (Å²) in [5.41, 5.74) is 7.58. The van der Waals surface area contributed by atoms with Gasteiger partial charge < -0.3 is 10.6 Å². The molecular weight excluding hydrogens is 212 g/mol. The number of rotatable bonds is 5. The van der Waals surface area contributed by atoms with Gasteiger partial charge in [0.25, 0.3) is 0 Å². The van der Waals surface area contributed by atoms with E-state index in [2.05, 4.69) is 0 Å². The smallest absolute Gasteiger partial charge is 0.223 e. The number of nitrogen functional groups attached to an aromatic ring is 1. The van der Waals surface area contributed by atoms with Gasteiger partial charge in [-0.15, -0.1) is 0 Å². The van der Waals surface area contributed by atoms with Gasteiger partial charge in [0.15, 0.2) is 0 Å². The van der Waals surface area contributed by atoms with E-state index >= 15 is 0 Å². The van der Waals surface area contributed by atoms with Gasteiger partial charge in [0.2, 0.25) is 5.91 Å². The van der Waals surface area contributed by atoms with Crippen molar-refractivity contribution in [1.29, 1.82) is 0 Å². The standard InChI is InChI=1S/C14H22N2O/c1-4-16(11(2)3)14(17)9-8-12-6-5-7-13(15)10-12/h5-7,10-11H,4,8-9,15H2,1-3H3. The normalized spacial score (nSPS) is 10.6. The van der Waals surface area contributed by atoms with E-state index in [1.807, 2.05) is 49.9 Å². The highest BCUT2D eigenvalue weighted by Gasteiger charge is 2.14. The molecule has 0 bridgehead atoms. The molecule has 1 amide bonds. The molecule has 0 saturated heterocycles. The Balaban J connectivity index is 2.53. The van der Waals surface area contributed by atoms with Gasteiger partial charge in [-0.2, -0.15) is 0 Å². The molecule has 0 aliphatic carbocycles. The lowest BCUT2D eigenvalue weighted by Crippen LogP contribution is -2.36. The number of anilines is 1. The molecule has 1 aromatic carbocycles. The predicted octanol–water partition coefficient (Wildman–Crippen LogP) is 2.46. The molecule has 3 heteroatoms. The second-order valence-corrected chi connectivity index (χ2v) is 4.52. The Morgan fingerprint density at radius 2 is 2.12 bits per heavy atom. The lowest BCUT2D eigenvalue weighted by Gasteiger charge is -2.25. The second-order valence-electron chi connectivity index (χ2n) is 4.52. The summed E-state index contributed by atoms with van der Waals surface area (Å²) >= 11 is 0. The Labute approximate surface area is 104 Å². The zero-order valence-electron chi connectivity index (χ0n) is 10.9. The minimum absolute atomic E-state index is 0.213. The SMILES string of the molecule is CCN(C(=O)CCc1cccc(N)c1)C(C)C. The van der Waals surface area contributed by atoms with Crippen LogP contribution in [0.4, 0.5) is 5.69 Å². The average Bonchev–Trinajstić information content (AvgIpc) is 2.27. The average molecular weight is 234 g/mol. The summed E-state index contributed by atoms with van der Waals surface area (Å²) in [5.74, 6) is 0.213. The Bertz CT molecular complexity index is 374. The van der Waals surface area contributed by atoms with E-state index in [4.69, 9.17) is 5.73 Å². The van der Waals surface area contributed by atoms with Crippen molar-refractivity contribution < 1.29 is 4.79 Å². The van der Waals surface area contributed by atoms with Crippen LogP contribution in [-0.2, 0) is 11.2 Å². The summed E-state index contributed by atoms with van der Waals surface area (Å²) in [7, 11) is 0. The maximum Gasteiger partial charge on any atom is 0.223 e. The fourth-order valence-corrected chi connectivity index (χ4v) is 1.97. The first kappa shape index (κ1) is 13.6. The van der Waals surface area contributed by atoms with Crippen LogP contribution < -0.4 is 5.73 Å². The van der Waals surface area contributed by atoms with E-state index in [1.54, 1.807) is 0 Å². The molecule has 0 heterocycles. The van der Waals surface area contributed by atoms with Crippen molar-refractivity contribution >= 4 is 11.6 Å². The molecule has 0 aliphatic heterocycles. The lowest BCUT2D eigenvalue weighted by molar-refractivity contribution is -0.132. The highest BCUT2D eigenvalue weighted by molar-refractivity contribution is 5.76. The van der Waals surface area contributed by atoms with Crippen LogP contribution in [0.5, 0.6) is 0 Å². The molecule has 0 unspecified atom stereocenters. The van der Waals surface area contributed by atoms with Gasteiger partial charge in [-0.1, -0.05) is 12.1 Å². The number of amides is 1. The fraction of sp³-hybridized carbons (Fsp3) is 0.500. The van der Waals surface area contributed by atoms with Crippen molar-refractivity contribution in [2.24, 2.45) is 0 Å². The van der Waals surface area contributed by atoms with Gasteiger partial charge in [-0.25, -0.2) is 0 Å². The summed E-state index contributed by atoms with van der Waals surface area (Å²) in [6, 6.07) is 8.00. The number of hydrogen-bond donors (Lipinski definition) is 1. The Morgan fingerprint density at radius 3 is 2.65 bits per heavy atom. The molecule has 0 fully saturated rings. The zero-order valence-corrected chi connectivity index (χ0v) is 10.9. The third kappa shape index (κ3) is 4.10. The van der Waals surface area contributed by atoms with E-state index < -0.39 is 0 Å². The first-order chi connectivity index (χ1) is 8.04. The summed E-state index contributed by atoms with van der Waals surface area (Å²) in [4.78, 5) is 13.9. The van der Waals surface area contributed by atoms with Gasteiger partial charge in [-0.05, 0) is 44.9 Å². The summed E-state index contributed by atoms with van der Waals surface area (Å²) < 4.78 is 0. The van der Waals surface area contributed by atoms with Crippen LogP contribution in [0.1, 0.15) is 32.8 Å². The number of carbonyl (C=O) groups excluding carboxylic acids is 1. The van der Waals surface area contributed by atoms with Gasteiger partial charge in [0.1, 0.15) is 0 Å². The molecule has 1 rings (SSSR count). The molecule has 0 aromatic heterocycles. The number of benzene rings is 1. The summed E-state index contributed by atoms with van der Waals surface area (Å²) in [6.07, 6.45) is 1.31. The van der Waals surface area contributed by atoms with Crippen molar-refractivity contribution in [1.82, 2.24) is 4.90 Å². The number of carbonyl (C=O) groups is 1. The van der Waals surface area contributed by atoms with Crippen molar-refractivity contribution in [3.05, 3.63) is 29.8 Å². The van der Waals surface area contributed by atoms with Crippen LogP contribution in [0.25, 0.3) is 0 Å². The third-order valence-corrected chi connectivity index (χ3v) is 2.86. The van der Waals surface area contributed by atoms with E-state index in [0.29, 0.717) is 6.42 Å². The second kappa shape index (κ2) is 6.28. The van der Waals surface area contributed by atoms with E-state index in [0.717, 1.165) is 24.2 Å². The molecular formula is C14H22N2O. The maximum absolute atomic E-state index is 12.0. The Hall–Kier alpha value is -1.51. The van der Waals surface area contributed by atoms with Crippen molar-refractivity contribution in [2.75, 3.05) is 12.3 Å². The molecule has 3 nitrogen and oxygen atoms in total. The van der Waals surface area contributed by atoms with Crippen molar-refractivity contribution in [3.8, 4) is 0 Å². The van der Waals surface area contributed by atoms with Crippen LogP contribution in [0.2, 0.25) is 0 Å². The molecule has 0 spiro atoms. The number of nitrogens with zero attached hydrogens (tertiary/aromatic N) is 1. The molecule has 17 heavy (non-hydrogen) atoms. The lowest BCUT2D eigenvalue weighted by atomic mass is 10.1. The largest absolute Gasteiger partial charge is 0.399 e. The Kier molecular flexibility index (Phi) is 5.01. The molecule has 0 saturated carbocycles. The van der Waals surface area contributed by atoms with Crippen molar-refractivity contribution in [2.45, 2.75) is 39.7 Å². The number of hydrogen-bond acceptors (Lipinski definition) is 2. The fourth-order valence-electron chi connectivity index (χ4n) is 1.97. The van der Waals surface area contributed by atoms with Crippen molar-refractivity contribution in [3.63, 3.8) is 0 Å². The molecule has 1 aromatic rings. The zero-order chi connectivity index (χ0) is 12.8. The minimum Gasteiger partial charge on any atom is -0.399 e. The highest BCUT2D eigenvalue weighted by atomic mass is 16.2. The first-order valence-corrected chi connectivity index (χ1v) is 6.18. The number of aryl methyl sites for hydroxylation is 1. The molecule has 0 atom stereocenters. The van der Waals surface area contributed by atoms with Gasteiger partial charge in [-0.3, -0.25) is 4.79 Å². The quantitative estimate of drug-likeness (QED) is 0.795. The predicted molar refractivity (Wildman–Crippen MR) is 71.7 cm³/mol. The molecule has 0 aliphatic rings. The van der Waals surface area contributed by atoms with Gasteiger partial charge >= 0.3 is 0 Å². The Morgan fingerprint density at radius 1 is 1.41 bits per heavy atom. The van der Waals surface area contributed by atoms with Crippen LogP contribution in [0.3, 0.4) is 0 Å². The first-order valence-electron chi connectivity index (χ1n) is 6.18. The van der Waals surface area contributed by atoms with Gasteiger partial charge in [0.05, 0.1) is 0 Å². The third-order valence-electron chi connectivity index (χ3n) is 2.86. The summed E-state index contributed by atoms with van der Waals surface area (Å²) in [6.45, 7) is 6.87. The van der Waals surface area contributed by atoms with E-state index in [-0.39, 0.29) is 11.9 Å². The minimum atomic E-state index is 0.213. The topological polar surface area (TPSA) is 46.3 Å². The molecule has 0 radical (unpaired) electrons. The molecule has 94 valence electrons. The van der Waals surface area contributed by atoms with Gasteiger partial charge in [0, 0.05) is 24.7 Å². The van der Waals surface area contributed by atoms with Crippen LogP contribution in [0.15, 0.2) is 24.3 Å². The summed E-state index contributed by atoms with van der Waals surface area (Å²) in [5, 5.41) is 0. The van der Waals surface area contributed by atoms with Crippen LogP contribution >= 0.6 is 0 Å². The monoisotopic (exact) mass is 234 g/mol. The van der Waals surface area contributed by atoms with Crippen LogP contribution in [0, 0.1) is 0 Å². The van der Waals surface area contributed by atoms with E-state index in [1.165, 1.54) is 0 Å². The number of nitrogens with two attached hydrogens (primary N) is 1. The molecule has 2 N–H and O–H groups in total. The van der Waals surface area contributed by atoms with Crippen LogP contribution in [-0.4, -0.2) is 23.4 Å².